The number of hydrogen-bond acceptors (Lipinski definition) is 3. The largest absolute Gasteiger partial charge is 0.508 e. The second-order valence-electron chi connectivity index (χ2n) is 7.57. The number of halogens is 2. The molecule has 1 fully saturated rings. The Hall–Kier alpha value is -2.92. The number of phenols is 1. The zero-order chi connectivity index (χ0) is 20.4. The summed E-state index contributed by atoms with van der Waals surface area (Å²) in [7, 11) is 0. The van der Waals surface area contributed by atoms with Crippen LogP contribution >= 0.6 is 0 Å². The standard InChI is InChI=1S/C24H23F2NO2/c25-19-6-1-16(2-7-19)23(29)14-5-18-15-27(21-10-8-20(26)9-11-21)24(18)17-3-12-22(28)13-4-17/h1-4,6-13,18,23-24,28-29H,5,14-15H2/t18-,23+,24-/m1/s1. The Morgan fingerprint density at radius 2 is 1.45 bits per heavy atom. The summed E-state index contributed by atoms with van der Waals surface area (Å²) in [5.74, 6) is -0.0684. The number of phenolic OH excluding ortho intramolecular Hbond substituents is 1. The Bertz CT molecular complexity index is 942. The average Bonchev–Trinajstić information content (AvgIpc) is 2.70. The first-order chi connectivity index (χ1) is 14.0. The molecule has 0 aromatic heterocycles. The molecule has 3 atom stereocenters. The molecule has 1 aliphatic heterocycles. The number of nitrogens with zero attached hydrogens (tertiary/aromatic N) is 1. The first-order valence-corrected chi connectivity index (χ1v) is 9.76. The molecule has 1 heterocycles. The van der Waals surface area contributed by atoms with Gasteiger partial charge in [0.05, 0.1) is 12.1 Å². The van der Waals surface area contributed by atoms with Gasteiger partial charge in [0.25, 0.3) is 0 Å². The van der Waals surface area contributed by atoms with Crippen LogP contribution in [0.2, 0.25) is 0 Å². The highest BCUT2D eigenvalue weighted by atomic mass is 19.1. The van der Waals surface area contributed by atoms with E-state index in [1.54, 1.807) is 36.4 Å². The molecule has 0 saturated carbocycles. The van der Waals surface area contributed by atoms with Crippen molar-refractivity contribution in [3.63, 3.8) is 0 Å². The van der Waals surface area contributed by atoms with Gasteiger partial charge in [-0.1, -0.05) is 24.3 Å². The van der Waals surface area contributed by atoms with Gasteiger partial charge in [0.15, 0.2) is 0 Å². The van der Waals surface area contributed by atoms with Crippen molar-refractivity contribution in [2.45, 2.75) is 25.0 Å². The third kappa shape index (κ3) is 4.25. The van der Waals surface area contributed by atoms with E-state index in [0.717, 1.165) is 24.2 Å². The van der Waals surface area contributed by atoms with Crippen LogP contribution in [0.3, 0.4) is 0 Å². The molecule has 1 aliphatic rings. The molecule has 0 bridgehead atoms. The highest BCUT2D eigenvalue weighted by Crippen LogP contribution is 2.45. The number of aliphatic hydroxyl groups is 1. The van der Waals surface area contributed by atoms with E-state index in [2.05, 4.69) is 4.90 Å². The minimum Gasteiger partial charge on any atom is -0.508 e. The predicted octanol–water partition coefficient (Wildman–Crippen LogP) is 5.36. The van der Waals surface area contributed by atoms with Crippen LogP contribution in [0, 0.1) is 17.6 Å². The summed E-state index contributed by atoms with van der Waals surface area (Å²) in [4.78, 5) is 2.21. The summed E-state index contributed by atoms with van der Waals surface area (Å²) < 4.78 is 26.4. The van der Waals surface area contributed by atoms with Crippen molar-refractivity contribution >= 4 is 5.69 Å². The number of aliphatic hydroxyl groups excluding tert-OH is 1. The van der Waals surface area contributed by atoms with Crippen molar-refractivity contribution in [1.82, 2.24) is 0 Å². The molecule has 3 nitrogen and oxygen atoms in total. The molecule has 150 valence electrons. The van der Waals surface area contributed by atoms with E-state index in [0.29, 0.717) is 17.9 Å². The van der Waals surface area contributed by atoms with Crippen LogP contribution in [-0.2, 0) is 0 Å². The van der Waals surface area contributed by atoms with Crippen LogP contribution in [0.25, 0.3) is 0 Å². The van der Waals surface area contributed by atoms with Crippen molar-refractivity contribution in [3.8, 4) is 5.75 Å². The van der Waals surface area contributed by atoms with Gasteiger partial charge in [0, 0.05) is 18.2 Å². The van der Waals surface area contributed by atoms with Gasteiger partial charge in [0.1, 0.15) is 17.4 Å². The molecular weight excluding hydrogens is 372 g/mol. The van der Waals surface area contributed by atoms with Gasteiger partial charge in [-0.2, -0.15) is 0 Å². The molecule has 0 aliphatic carbocycles. The van der Waals surface area contributed by atoms with Crippen LogP contribution < -0.4 is 4.90 Å². The molecule has 0 radical (unpaired) electrons. The predicted molar refractivity (Wildman–Crippen MR) is 109 cm³/mol. The quantitative estimate of drug-likeness (QED) is 0.590. The van der Waals surface area contributed by atoms with E-state index in [9.17, 15) is 19.0 Å². The maximum absolute atomic E-state index is 13.3. The van der Waals surface area contributed by atoms with E-state index in [1.807, 2.05) is 12.1 Å². The molecule has 3 aromatic rings. The molecule has 0 unspecified atom stereocenters. The third-order valence-electron chi connectivity index (χ3n) is 5.67. The zero-order valence-electron chi connectivity index (χ0n) is 15.9. The lowest BCUT2D eigenvalue weighted by Crippen LogP contribution is -2.50. The van der Waals surface area contributed by atoms with Crippen LogP contribution in [0.15, 0.2) is 72.8 Å². The summed E-state index contributed by atoms with van der Waals surface area (Å²) >= 11 is 0. The Morgan fingerprint density at radius 3 is 2.07 bits per heavy atom. The van der Waals surface area contributed by atoms with Crippen molar-refractivity contribution in [2.75, 3.05) is 11.4 Å². The van der Waals surface area contributed by atoms with E-state index < -0.39 is 6.10 Å². The lowest BCUT2D eigenvalue weighted by Gasteiger charge is -2.50. The summed E-state index contributed by atoms with van der Waals surface area (Å²) in [6.07, 6.45) is 0.722. The minimum atomic E-state index is -0.643. The fourth-order valence-electron chi connectivity index (χ4n) is 4.08. The fraction of sp³-hybridized carbons (Fsp3) is 0.250. The van der Waals surface area contributed by atoms with Crippen molar-refractivity contribution < 1.29 is 19.0 Å². The topological polar surface area (TPSA) is 43.7 Å². The SMILES string of the molecule is Oc1ccc([C@@H]2[C@H](CC[C@H](O)c3ccc(F)cc3)CN2c2ccc(F)cc2)cc1. The Morgan fingerprint density at radius 1 is 0.862 bits per heavy atom. The number of aromatic hydroxyl groups is 1. The lowest BCUT2D eigenvalue weighted by atomic mass is 9.79. The Labute approximate surface area is 168 Å². The monoisotopic (exact) mass is 395 g/mol. The van der Waals surface area contributed by atoms with Gasteiger partial charge < -0.3 is 15.1 Å². The van der Waals surface area contributed by atoms with Crippen molar-refractivity contribution in [3.05, 3.63) is 95.6 Å². The highest BCUT2D eigenvalue weighted by molar-refractivity contribution is 5.53. The Balaban J connectivity index is 1.49. The van der Waals surface area contributed by atoms with Gasteiger partial charge in [-0.25, -0.2) is 8.78 Å². The zero-order valence-corrected chi connectivity index (χ0v) is 15.9. The number of benzene rings is 3. The van der Waals surface area contributed by atoms with Gasteiger partial charge >= 0.3 is 0 Å². The summed E-state index contributed by atoms with van der Waals surface area (Å²) in [6.45, 7) is 0.799. The van der Waals surface area contributed by atoms with Crippen LogP contribution in [0.4, 0.5) is 14.5 Å². The second-order valence-corrected chi connectivity index (χ2v) is 7.57. The van der Waals surface area contributed by atoms with Crippen LogP contribution in [0.5, 0.6) is 5.75 Å². The first kappa shape index (κ1) is 19.4. The van der Waals surface area contributed by atoms with Gasteiger partial charge in [-0.15, -0.1) is 0 Å². The average molecular weight is 395 g/mol. The summed E-state index contributed by atoms with van der Waals surface area (Å²) in [5, 5.41) is 20.1. The molecular formula is C24H23F2NO2. The van der Waals surface area contributed by atoms with E-state index in [-0.39, 0.29) is 23.4 Å². The van der Waals surface area contributed by atoms with Gasteiger partial charge in [0.2, 0.25) is 0 Å². The molecule has 3 aromatic carbocycles. The van der Waals surface area contributed by atoms with E-state index in [4.69, 9.17) is 0 Å². The summed E-state index contributed by atoms with van der Waals surface area (Å²) in [5.41, 5.74) is 2.72. The van der Waals surface area contributed by atoms with Crippen molar-refractivity contribution in [1.29, 1.82) is 0 Å². The molecule has 5 heteroatoms. The molecule has 2 N–H and O–H groups in total. The lowest BCUT2D eigenvalue weighted by molar-refractivity contribution is 0.144. The smallest absolute Gasteiger partial charge is 0.123 e. The molecule has 0 amide bonds. The van der Waals surface area contributed by atoms with Crippen LogP contribution in [0.1, 0.15) is 36.1 Å². The van der Waals surface area contributed by atoms with E-state index in [1.165, 1.54) is 24.3 Å². The second kappa shape index (κ2) is 8.21. The maximum atomic E-state index is 13.3. The normalized spacial score (nSPS) is 19.6. The van der Waals surface area contributed by atoms with Gasteiger partial charge in [-0.3, -0.25) is 0 Å². The number of anilines is 1. The fourth-order valence-corrected chi connectivity index (χ4v) is 4.08. The van der Waals surface area contributed by atoms with E-state index >= 15 is 0 Å². The maximum Gasteiger partial charge on any atom is 0.123 e. The minimum absolute atomic E-state index is 0.0847. The molecule has 1 saturated heterocycles. The molecule has 29 heavy (non-hydrogen) atoms. The van der Waals surface area contributed by atoms with Crippen LogP contribution in [-0.4, -0.2) is 16.8 Å². The first-order valence-electron chi connectivity index (χ1n) is 9.76. The Kier molecular flexibility index (Phi) is 5.49. The molecule has 4 rings (SSSR count). The van der Waals surface area contributed by atoms with Crippen molar-refractivity contribution in [2.24, 2.45) is 5.92 Å². The van der Waals surface area contributed by atoms with Gasteiger partial charge in [-0.05, 0) is 72.5 Å². The highest BCUT2D eigenvalue weighted by Gasteiger charge is 2.39. The number of rotatable bonds is 6. The molecule has 0 spiro atoms. The third-order valence-corrected chi connectivity index (χ3v) is 5.67. The number of hydrogen-bond donors (Lipinski definition) is 2. The summed E-state index contributed by atoms with van der Waals surface area (Å²) in [6, 6.07) is 19.6.